The summed E-state index contributed by atoms with van der Waals surface area (Å²) in [5.41, 5.74) is 6.79. The predicted octanol–water partition coefficient (Wildman–Crippen LogP) is 8.01. The van der Waals surface area contributed by atoms with Crippen LogP contribution in [0.25, 0.3) is 22.3 Å². The monoisotopic (exact) mass is 680 g/mol. The van der Waals surface area contributed by atoms with Crippen molar-refractivity contribution in [1.82, 2.24) is 0 Å². The molecule has 250 valence electrons. The van der Waals surface area contributed by atoms with Gasteiger partial charge in [-0.2, -0.15) is 0 Å². The Morgan fingerprint density at radius 2 is 0.860 bits per heavy atom. The van der Waals surface area contributed by atoms with Crippen molar-refractivity contribution in [3.63, 3.8) is 0 Å². The van der Waals surface area contributed by atoms with Crippen molar-refractivity contribution < 1.29 is 35.8 Å². The third-order valence-electron chi connectivity index (χ3n) is 8.11. The lowest BCUT2D eigenvalue weighted by Gasteiger charge is -2.14. The van der Waals surface area contributed by atoms with Gasteiger partial charge in [-0.15, -0.1) is 0 Å². The number of hydrogen-bond donors (Lipinski definition) is 0. The van der Waals surface area contributed by atoms with Gasteiger partial charge in [0, 0.05) is 18.2 Å². The molecule has 0 amide bonds. The molecule has 1 aromatic heterocycles. The van der Waals surface area contributed by atoms with Crippen molar-refractivity contribution in [1.29, 1.82) is 0 Å². The van der Waals surface area contributed by atoms with E-state index in [-0.39, 0.29) is 12.4 Å². The van der Waals surface area contributed by atoms with Crippen LogP contribution >= 0.6 is 0 Å². The summed E-state index contributed by atoms with van der Waals surface area (Å²) in [5, 5.41) is 0.830. The van der Waals surface area contributed by atoms with Gasteiger partial charge in [-0.25, -0.2) is 4.42 Å². The van der Waals surface area contributed by atoms with E-state index in [9.17, 15) is 0 Å². The van der Waals surface area contributed by atoms with Gasteiger partial charge in [-0.05, 0) is 52.9 Å². The lowest BCUT2D eigenvalue weighted by Crippen LogP contribution is -3.00. The highest BCUT2D eigenvalue weighted by Crippen LogP contribution is 2.42. The van der Waals surface area contributed by atoms with Gasteiger partial charge in [0.15, 0.2) is 11.5 Å². The molecule has 50 heavy (non-hydrogen) atoms. The van der Waals surface area contributed by atoms with E-state index < -0.39 is 0 Å². The van der Waals surface area contributed by atoms with Gasteiger partial charge in [-0.1, -0.05) is 121 Å². The molecule has 0 saturated carbocycles. The first kappa shape index (κ1) is 34.1. The maximum Gasteiger partial charge on any atom is 0.402 e. The fourth-order valence-corrected chi connectivity index (χ4v) is 5.57. The van der Waals surface area contributed by atoms with Gasteiger partial charge in [0.2, 0.25) is 5.75 Å². The van der Waals surface area contributed by atoms with E-state index in [1.54, 1.807) is 0 Å². The molecule has 6 heteroatoms. The smallest absolute Gasteiger partial charge is 0.402 e. The van der Waals surface area contributed by atoms with Crippen molar-refractivity contribution in [2.75, 3.05) is 0 Å². The van der Waals surface area contributed by atoms with Crippen LogP contribution < -0.4 is 31.4 Å². The Morgan fingerprint density at radius 1 is 0.420 bits per heavy atom. The standard InChI is InChI=1S/C44H37O5.ClH/c1-32-24-40(46-29-34-16-8-3-9-17-34)38-27-43(48-31-36-20-12-5-13-21-36)44(49-41(38)25-32)37-22-23-39(45-28-33-14-6-2-7-15-33)42(26-37)47-30-35-18-10-4-11-19-35;/h2-27H,28-31H2,1H3;1H/q+1;/p-1. The third kappa shape index (κ3) is 8.62. The molecule has 6 aromatic carbocycles. The van der Waals surface area contributed by atoms with Gasteiger partial charge in [0.05, 0.1) is 5.56 Å². The molecule has 0 N–H and O–H groups in total. The highest BCUT2D eigenvalue weighted by atomic mass is 35.5. The molecule has 0 atom stereocenters. The molecule has 0 fully saturated rings. The van der Waals surface area contributed by atoms with Crippen LogP contribution in [0.15, 0.2) is 162 Å². The van der Waals surface area contributed by atoms with E-state index in [2.05, 4.69) is 12.1 Å². The summed E-state index contributed by atoms with van der Waals surface area (Å²) < 4.78 is 32.3. The maximum absolute atomic E-state index is 6.73. The lowest BCUT2D eigenvalue weighted by molar-refractivity contribution is -0.0000113. The Labute approximate surface area is 299 Å². The molecule has 0 spiro atoms. The van der Waals surface area contributed by atoms with E-state index in [4.69, 9.17) is 23.4 Å². The minimum Gasteiger partial charge on any atom is -1.00 e. The first-order valence-corrected chi connectivity index (χ1v) is 16.4. The zero-order valence-corrected chi connectivity index (χ0v) is 28.5. The highest BCUT2D eigenvalue weighted by Gasteiger charge is 2.27. The number of hydrogen-bond acceptors (Lipinski definition) is 4. The van der Waals surface area contributed by atoms with Crippen LogP contribution in [0.3, 0.4) is 0 Å². The van der Waals surface area contributed by atoms with Crippen LogP contribution in [0.1, 0.15) is 27.8 Å². The summed E-state index contributed by atoms with van der Waals surface area (Å²) in [4.78, 5) is 0. The van der Waals surface area contributed by atoms with Crippen LogP contribution in [0.4, 0.5) is 0 Å². The summed E-state index contributed by atoms with van der Waals surface area (Å²) in [6.45, 7) is 3.65. The van der Waals surface area contributed by atoms with Crippen LogP contribution in [0, 0.1) is 6.92 Å². The lowest BCUT2D eigenvalue weighted by atomic mass is 10.1. The number of rotatable bonds is 13. The average Bonchev–Trinajstić information content (AvgIpc) is 3.16. The van der Waals surface area contributed by atoms with Gasteiger partial charge < -0.3 is 31.4 Å². The topological polar surface area (TPSA) is 48.2 Å². The summed E-state index contributed by atoms with van der Waals surface area (Å²) in [6.07, 6.45) is 0. The van der Waals surface area contributed by atoms with E-state index in [1.165, 1.54) is 0 Å². The van der Waals surface area contributed by atoms with E-state index >= 15 is 0 Å². The molecule has 7 aromatic rings. The molecule has 0 unspecified atom stereocenters. The molecule has 7 rings (SSSR count). The Bertz CT molecular complexity index is 2120. The SMILES string of the molecule is Cc1cc(OCc2ccccc2)c2cc(OCc3ccccc3)c(-c3ccc(OCc4ccccc4)c(OCc4ccccc4)c3)[o+]c2c1.[Cl-]. The van der Waals surface area contributed by atoms with Gasteiger partial charge in [0.1, 0.15) is 37.6 Å². The Kier molecular flexibility index (Phi) is 11.3. The summed E-state index contributed by atoms with van der Waals surface area (Å²) >= 11 is 0. The van der Waals surface area contributed by atoms with E-state index in [1.807, 2.05) is 153 Å². The highest BCUT2D eigenvalue weighted by molar-refractivity contribution is 5.88. The predicted molar refractivity (Wildman–Crippen MR) is 194 cm³/mol. The molecule has 0 aliphatic heterocycles. The molecular weight excluding hydrogens is 644 g/mol. The van der Waals surface area contributed by atoms with Crippen LogP contribution in [-0.4, -0.2) is 0 Å². The summed E-state index contributed by atoms with van der Waals surface area (Å²) in [5.74, 6) is 3.16. The minimum absolute atomic E-state index is 0. The zero-order valence-electron chi connectivity index (χ0n) is 27.8. The van der Waals surface area contributed by atoms with Crippen molar-refractivity contribution in [2.45, 2.75) is 33.4 Å². The maximum atomic E-state index is 6.73. The fraction of sp³-hybridized carbons (Fsp3) is 0.114. The normalized spacial score (nSPS) is 10.7. The first-order valence-electron chi connectivity index (χ1n) is 16.4. The largest absolute Gasteiger partial charge is 1.00 e. The Hall–Kier alpha value is -5.78. The molecular formula is C44H37ClO5. The van der Waals surface area contributed by atoms with Crippen LogP contribution in [0.5, 0.6) is 23.0 Å². The first-order chi connectivity index (χ1) is 24.2. The number of benzene rings is 6. The molecule has 1 heterocycles. The molecule has 5 nitrogen and oxygen atoms in total. The Morgan fingerprint density at radius 3 is 1.36 bits per heavy atom. The number of ether oxygens (including phenoxy) is 4. The Balaban J connectivity index is 0.00000432. The second-order valence-electron chi connectivity index (χ2n) is 11.9. The fourth-order valence-electron chi connectivity index (χ4n) is 5.57. The molecule has 0 bridgehead atoms. The zero-order chi connectivity index (χ0) is 33.3. The van der Waals surface area contributed by atoms with Gasteiger partial charge >= 0.3 is 11.3 Å². The molecule has 0 aliphatic carbocycles. The van der Waals surface area contributed by atoms with Crippen molar-refractivity contribution in [2.24, 2.45) is 0 Å². The van der Waals surface area contributed by atoms with Crippen LogP contribution in [-0.2, 0) is 26.4 Å². The quantitative estimate of drug-likeness (QED) is 0.116. The minimum atomic E-state index is 0. The second-order valence-corrected chi connectivity index (χ2v) is 11.9. The van der Waals surface area contributed by atoms with Crippen molar-refractivity contribution in [3.05, 3.63) is 186 Å². The number of fused-ring (bicyclic) bond motifs is 1. The molecule has 0 saturated heterocycles. The second kappa shape index (κ2) is 16.6. The van der Waals surface area contributed by atoms with Crippen molar-refractivity contribution >= 4 is 11.0 Å². The van der Waals surface area contributed by atoms with Gasteiger partial charge in [-0.3, -0.25) is 0 Å². The third-order valence-corrected chi connectivity index (χ3v) is 8.11. The molecule has 0 radical (unpaired) electrons. The summed E-state index contributed by atoms with van der Waals surface area (Å²) in [7, 11) is 0. The molecule has 0 aliphatic rings. The van der Waals surface area contributed by atoms with Gasteiger partial charge in [0.25, 0.3) is 0 Å². The summed E-state index contributed by atoms with van der Waals surface area (Å²) in [6, 6.07) is 52.4. The van der Waals surface area contributed by atoms with Crippen LogP contribution in [0.2, 0.25) is 0 Å². The van der Waals surface area contributed by atoms with E-state index in [0.717, 1.165) is 44.5 Å². The number of halogens is 1. The van der Waals surface area contributed by atoms with E-state index in [0.29, 0.717) is 55.0 Å². The number of aryl methyl sites for hydroxylation is 1. The average molecular weight is 681 g/mol. The van der Waals surface area contributed by atoms with Crippen molar-refractivity contribution in [3.8, 4) is 34.3 Å².